The molecule has 1 fully saturated rings. The molecule has 1 saturated heterocycles. The number of nitrogens with zero attached hydrogens (tertiary/aromatic N) is 3. The van der Waals surface area contributed by atoms with E-state index in [1.165, 1.54) is 22.4 Å². The monoisotopic (exact) mass is 363 g/mol. The smallest absolute Gasteiger partial charge is 0.123 e. The van der Waals surface area contributed by atoms with E-state index in [1.807, 2.05) is 0 Å². The minimum Gasteiger partial charge on any atom is -0.297 e. The molecule has 0 aliphatic carbocycles. The highest BCUT2D eigenvalue weighted by atomic mass is 32.1. The normalized spacial score (nSPS) is 16.0. The van der Waals surface area contributed by atoms with Crippen LogP contribution in [0, 0.1) is 6.92 Å². The van der Waals surface area contributed by atoms with Crippen LogP contribution in [0.2, 0.25) is 0 Å². The first-order chi connectivity index (χ1) is 12.8. The third-order valence-electron chi connectivity index (χ3n) is 5.08. The van der Waals surface area contributed by atoms with Gasteiger partial charge in [0.25, 0.3) is 0 Å². The number of thiazole rings is 1. The van der Waals surface area contributed by atoms with Gasteiger partial charge in [0.1, 0.15) is 5.01 Å². The molecular weight excluding hydrogens is 338 g/mol. The molecule has 4 rings (SSSR count). The lowest BCUT2D eigenvalue weighted by Crippen LogP contribution is -2.45. The highest BCUT2D eigenvalue weighted by Gasteiger charge is 2.18. The summed E-state index contributed by atoms with van der Waals surface area (Å²) in [5.74, 6) is 0. The van der Waals surface area contributed by atoms with E-state index < -0.39 is 0 Å². The summed E-state index contributed by atoms with van der Waals surface area (Å²) in [5.41, 5.74) is 5.26. The molecule has 0 saturated carbocycles. The molecule has 0 radical (unpaired) electrons. The van der Waals surface area contributed by atoms with Crippen LogP contribution < -0.4 is 0 Å². The van der Waals surface area contributed by atoms with Crippen LogP contribution in [-0.4, -0.2) is 41.0 Å². The largest absolute Gasteiger partial charge is 0.297 e. The topological polar surface area (TPSA) is 19.4 Å². The Labute approximate surface area is 159 Å². The van der Waals surface area contributed by atoms with Gasteiger partial charge in [-0.3, -0.25) is 9.80 Å². The molecule has 0 unspecified atom stereocenters. The average molecular weight is 364 g/mol. The van der Waals surface area contributed by atoms with E-state index in [-0.39, 0.29) is 0 Å². The molecule has 0 spiro atoms. The van der Waals surface area contributed by atoms with Crippen molar-refractivity contribution in [2.75, 3.05) is 26.2 Å². The third-order valence-corrected chi connectivity index (χ3v) is 6.02. The summed E-state index contributed by atoms with van der Waals surface area (Å²) in [6, 6.07) is 19.2. The number of rotatable bonds is 5. The highest BCUT2D eigenvalue weighted by molar-refractivity contribution is 7.13. The summed E-state index contributed by atoms with van der Waals surface area (Å²) in [6.45, 7) is 8.72. The fourth-order valence-corrected chi connectivity index (χ4v) is 4.27. The predicted molar refractivity (Wildman–Crippen MR) is 109 cm³/mol. The molecule has 0 bridgehead atoms. The minimum absolute atomic E-state index is 0.960. The molecule has 2 heterocycles. The Morgan fingerprint density at radius 1 is 0.846 bits per heavy atom. The molecular formula is C22H25N3S. The van der Waals surface area contributed by atoms with E-state index in [1.54, 1.807) is 11.3 Å². The van der Waals surface area contributed by atoms with E-state index in [0.717, 1.165) is 44.3 Å². The zero-order valence-corrected chi connectivity index (χ0v) is 16.1. The lowest BCUT2D eigenvalue weighted by Gasteiger charge is -2.34. The molecule has 4 heteroatoms. The number of hydrogen-bond donors (Lipinski definition) is 0. The van der Waals surface area contributed by atoms with Gasteiger partial charge < -0.3 is 0 Å². The minimum atomic E-state index is 0.960. The number of aryl methyl sites for hydroxylation is 1. The Morgan fingerprint density at radius 2 is 1.50 bits per heavy atom. The van der Waals surface area contributed by atoms with Crippen molar-refractivity contribution in [3.05, 3.63) is 76.8 Å². The molecule has 3 aromatic rings. The number of aromatic nitrogens is 1. The summed E-state index contributed by atoms with van der Waals surface area (Å²) in [5, 5.41) is 3.33. The standard InChI is InChI=1S/C22H25N3S/c1-18-7-5-6-10-20(18)15-24-11-13-25(14-12-24)16-21-17-26-22(23-21)19-8-3-2-4-9-19/h2-10,17H,11-16H2,1H3. The molecule has 1 aromatic heterocycles. The van der Waals surface area contributed by atoms with Gasteiger partial charge in [-0.25, -0.2) is 4.98 Å². The van der Waals surface area contributed by atoms with Gasteiger partial charge in [-0.05, 0) is 18.1 Å². The predicted octanol–water partition coefficient (Wildman–Crippen LogP) is 4.44. The first-order valence-electron chi connectivity index (χ1n) is 9.27. The van der Waals surface area contributed by atoms with Crippen molar-refractivity contribution in [2.24, 2.45) is 0 Å². The van der Waals surface area contributed by atoms with E-state index in [0.29, 0.717) is 0 Å². The highest BCUT2D eigenvalue weighted by Crippen LogP contribution is 2.24. The van der Waals surface area contributed by atoms with Crippen molar-refractivity contribution in [1.82, 2.24) is 14.8 Å². The van der Waals surface area contributed by atoms with Crippen LogP contribution in [0.25, 0.3) is 10.6 Å². The van der Waals surface area contributed by atoms with Gasteiger partial charge in [-0.1, -0.05) is 54.6 Å². The van der Waals surface area contributed by atoms with Crippen LogP contribution in [0.3, 0.4) is 0 Å². The molecule has 1 aliphatic heterocycles. The van der Waals surface area contributed by atoms with Crippen molar-refractivity contribution in [3.8, 4) is 10.6 Å². The first-order valence-corrected chi connectivity index (χ1v) is 10.1. The maximum absolute atomic E-state index is 4.84. The number of benzene rings is 2. The van der Waals surface area contributed by atoms with Gasteiger partial charge >= 0.3 is 0 Å². The van der Waals surface area contributed by atoms with Crippen molar-refractivity contribution >= 4 is 11.3 Å². The molecule has 26 heavy (non-hydrogen) atoms. The summed E-state index contributed by atoms with van der Waals surface area (Å²) < 4.78 is 0. The molecule has 2 aromatic carbocycles. The maximum atomic E-state index is 4.84. The second kappa shape index (κ2) is 8.12. The van der Waals surface area contributed by atoms with Crippen molar-refractivity contribution in [2.45, 2.75) is 20.0 Å². The second-order valence-corrected chi connectivity index (χ2v) is 7.85. The van der Waals surface area contributed by atoms with Crippen LogP contribution in [0.1, 0.15) is 16.8 Å². The van der Waals surface area contributed by atoms with E-state index in [9.17, 15) is 0 Å². The lowest BCUT2D eigenvalue weighted by molar-refractivity contribution is 0.121. The molecule has 134 valence electrons. The molecule has 0 amide bonds. The fraction of sp³-hybridized carbons (Fsp3) is 0.318. The van der Waals surface area contributed by atoms with Gasteiger partial charge in [0.05, 0.1) is 5.69 Å². The number of hydrogen-bond acceptors (Lipinski definition) is 4. The van der Waals surface area contributed by atoms with E-state index in [4.69, 9.17) is 4.98 Å². The van der Waals surface area contributed by atoms with Crippen LogP contribution in [0.15, 0.2) is 60.0 Å². The van der Waals surface area contributed by atoms with Crippen molar-refractivity contribution in [3.63, 3.8) is 0 Å². The Bertz CT molecular complexity index is 835. The quantitative estimate of drug-likeness (QED) is 0.668. The number of piperazine rings is 1. The Balaban J connectivity index is 1.30. The third kappa shape index (κ3) is 4.21. The van der Waals surface area contributed by atoms with E-state index in [2.05, 4.69) is 76.7 Å². The zero-order valence-electron chi connectivity index (χ0n) is 15.3. The summed E-state index contributed by atoms with van der Waals surface area (Å²) in [7, 11) is 0. The van der Waals surface area contributed by atoms with Gasteiger partial charge in [0, 0.05) is 50.2 Å². The van der Waals surface area contributed by atoms with Crippen LogP contribution in [0.5, 0.6) is 0 Å². The maximum Gasteiger partial charge on any atom is 0.123 e. The van der Waals surface area contributed by atoms with Crippen LogP contribution in [0.4, 0.5) is 0 Å². The summed E-state index contributed by atoms with van der Waals surface area (Å²) in [6.07, 6.45) is 0. The van der Waals surface area contributed by atoms with Gasteiger partial charge in [0.15, 0.2) is 0 Å². The molecule has 3 nitrogen and oxygen atoms in total. The Morgan fingerprint density at radius 3 is 2.23 bits per heavy atom. The fourth-order valence-electron chi connectivity index (χ4n) is 3.46. The van der Waals surface area contributed by atoms with Crippen molar-refractivity contribution in [1.29, 1.82) is 0 Å². The summed E-state index contributed by atoms with van der Waals surface area (Å²) in [4.78, 5) is 9.93. The Kier molecular flexibility index (Phi) is 5.44. The second-order valence-electron chi connectivity index (χ2n) is 6.99. The van der Waals surface area contributed by atoms with Gasteiger partial charge in [-0.2, -0.15) is 0 Å². The van der Waals surface area contributed by atoms with Gasteiger partial charge in [0.2, 0.25) is 0 Å². The first kappa shape index (κ1) is 17.4. The molecule has 1 aliphatic rings. The average Bonchev–Trinajstić information content (AvgIpc) is 3.14. The van der Waals surface area contributed by atoms with Crippen LogP contribution in [-0.2, 0) is 13.1 Å². The van der Waals surface area contributed by atoms with Gasteiger partial charge in [-0.15, -0.1) is 11.3 Å². The van der Waals surface area contributed by atoms with E-state index >= 15 is 0 Å². The molecule has 0 N–H and O–H groups in total. The van der Waals surface area contributed by atoms with Crippen LogP contribution >= 0.6 is 11.3 Å². The molecule has 0 atom stereocenters. The lowest BCUT2D eigenvalue weighted by atomic mass is 10.1. The Hall–Kier alpha value is -2.01. The zero-order chi connectivity index (χ0) is 17.8. The SMILES string of the molecule is Cc1ccccc1CN1CCN(Cc2csc(-c3ccccc3)n2)CC1. The summed E-state index contributed by atoms with van der Waals surface area (Å²) >= 11 is 1.75. The van der Waals surface area contributed by atoms with Crippen molar-refractivity contribution < 1.29 is 0 Å².